The summed E-state index contributed by atoms with van der Waals surface area (Å²) in [6.07, 6.45) is -6.36. The fourth-order valence-electron chi connectivity index (χ4n) is 4.42. The molecule has 28 heavy (non-hydrogen) atoms. The van der Waals surface area contributed by atoms with Gasteiger partial charge >= 0.3 is 5.97 Å². The molecule has 158 valence electrons. The number of aliphatic hydroxyl groups is 5. The molecule has 5 rings (SSSR count). The highest BCUT2D eigenvalue weighted by Crippen LogP contribution is 2.51. The molecule has 4 saturated heterocycles. The highest BCUT2D eigenvalue weighted by molar-refractivity contribution is 5.74. The van der Waals surface area contributed by atoms with Crippen molar-refractivity contribution in [2.45, 2.75) is 48.9 Å². The van der Waals surface area contributed by atoms with Gasteiger partial charge in [-0.05, 0) is 0 Å². The Hall–Kier alpha value is -1.15. The zero-order valence-electron chi connectivity index (χ0n) is 15.0. The molecular formula is C17H24O11. The summed E-state index contributed by atoms with van der Waals surface area (Å²) in [5.41, 5.74) is -1.47. The van der Waals surface area contributed by atoms with Crippen molar-refractivity contribution in [3.8, 4) is 0 Å². The van der Waals surface area contributed by atoms with E-state index in [1.165, 1.54) is 13.2 Å². The molecule has 0 radical (unpaired) electrons. The lowest BCUT2D eigenvalue weighted by Crippen LogP contribution is -2.61. The first kappa shape index (κ1) is 20.1. The molecule has 11 nitrogen and oxygen atoms in total. The molecule has 0 aromatic carbocycles. The molecule has 0 aromatic rings. The number of allylic oxidation sites excluding steroid dienone is 1. The quantitative estimate of drug-likeness (QED) is 0.237. The average molecular weight is 404 g/mol. The molecule has 0 saturated carbocycles. The zero-order chi connectivity index (χ0) is 20.2. The number of fused-ring (bicyclic) bond motifs is 2. The monoisotopic (exact) mass is 404 g/mol. The molecule has 4 fully saturated rings. The summed E-state index contributed by atoms with van der Waals surface area (Å²) in [6, 6.07) is 0. The van der Waals surface area contributed by atoms with Crippen molar-refractivity contribution in [1.82, 2.24) is 0 Å². The highest BCUT2D eigenvalue weighted by Gasteiger charge is 2.63. The fraction of sp³-hybridized carbons (Fsp3) is 0.824. The summed E-state index contributed by atoms with van der Waals surface area (Å²) < 4.78 is 27.2. The summed E-state index contributed by atoms with van der Waals surface area (Å²) in [6.45, 7) is -0.735. The number of aliphatic hydroxyl groups excluding tert-OH is 4. The van der Waals surface area contributed by atoms with Gasteiger partial charge in [0.25, 0.3) is 0 Å². The first-order valence-corrected chi connectivity index (χ1v) is 9.03. The van der Waals surface area contributed by atoms with Gasteiger partial charge in [-0.3, -0.25) is 4.79 Å². The van der Waals surface area contributed by atoms with Crippen molar-refractivity contribution < 1.29 is 54.0 Å². The number of rotatable bonds is 4. The Morgan fingerprint density at radius 3 is 2.61 bits per heavy atom. The Morgan fingerprint density at radius 1 is 1.18 bits per heavy atom. The third kappa shape index (κ3) is 2.98. The number of carbonyl (C=O) groups is 1. The van der Waals surface area contributed by atoms with Crippen molar-refractivity contribution in [2.75, 3.05) is 20.3 Å². The van der Waals surface area contributed by atoms with E-state index in [-0.39, 0.29) is 6.61 Å². The maximum absolute atomic E-state index is 12.2. The van der Waals surface area contributed by atoms with Gasteiger partial charge in [0.2, 0.25) is 0 Å². The molecule has 5 aliphatic rings. The van der Waals surface area contributed by atoms with Gasteiger partial charge in [-0.25, -0.2) is 0 Å². The fourth-order valence-corrected chi connectivity index (χ4v) is 4.42. The van der Waals surface area contributed by atoms with Crippen LogP contribution in [0, 0.1) is 17.8 Å². The lowest BCUT2D eigenvalue weighted by molar-refractivity contribution is -0.374. The summed E-state index contributed by atoms with van der Waals surface area (Å²) in [5, 5.41) is 50.3. The van der Waals surface area contributed by atoms with Gasteiger partial charge in [0.15, 0.2) is 18.9 Å². The maximum atomic E-state index is 12.2. The number of methoxy groups -OCH3 is 1. The van der Waals surface area contributed by atoms with Crippen molar-refractivity contribution >= 4 is 5.97 Å². The van der Waals surface area contributed by atoms with Crippen LogP contribution >= 0.6 is 0 Å². The SMILES string of the molecule is COC(=O)[C@H]1C2C=C[C@@]3(O)CO[C@@H]1O[C@@H](O[C@H]1O[C@@H](CO)[C@H](O)[C@@H](O)[C@@H]1O)C23. The molecule has 4 heterocycles. The Morgan fingerprint density at radius 2 is 1.93 bits per heavy atom. The van der Waals surface area contributed by atoms with Crippen molar-refractivity contribution in [2.24, 2.45) is 17.8 Å². The maximum Gasteiger partial charge on any atom is 0.314 e. The van der Waals surface area contributed by atoms with Crippen LogP contribution in [-0.4, -0.2) is 101 Å². The first-order chi connectivity index (χ1) is 13.3. The molecule has 11 heteroatoms. The minimum atomic E-state index is -1.62. The molecular weight excluding hydrogens is 380 g/mol. The van der Waals surface area contributed by atoms with E-state index in [1.54, 1.807) is 6.08 Å². The summed E-state index contributed by atoms with van der Waals surface area (Å²) in [5.74, 6) is -2.63. The van der Waals surface area contributed by atoms with Crippen LogP contribution in [0.25, 0.3) is 0 Å². The van der Waals surface area contributed by atoms with E-state index >= 15 is 0 Å². The molecule has 0 aromatic heterocycles. The number of hydrogen-bond donors (Lipinski definition) is 5. The molecule has 4 aliphatic heterocycles. The van der Waals surface area contributed by atoms with Gasteiger partial charge in [0.05, 0.1) is 26.2 Å². The smallest absolute Gasteiger partial charge is 0.314 e. The number of esters is 1. The van der Waals surface area contributed by atoms with Gasteiger partial charge in [-0.1, -0.05) is 12.2 Å². The Bertz CT molecular complexity index is 639. The van der Waals surface area contributed by atoms with E-state index in [0.29, 0.717) is 0 Å². The lowest BCUT2D eigenvalue weighted by Gasteiger charge is -2.45. The summed E-state index contributed by atoms with van der Waals surface area (Å²) in [7, 11) is 1.24. The zero-order valence-corrected chi connectivity index (χ0v) is 15.0. The standard InChI is InChI=1S/C17H24O11/c1-24-13(22)8-6-2-3-17(23)5-25-14(8)27-15(9(6)17)28-16-12(21)11(20)10(19)7(4-18)26-16/h2-3,6-12,14-16,18-21,23H,4-5H2,1H3/t6?,7-,8+,9?,10-,11+,12-,14+,15-,16+,17+/m0/s1. The van der Waals surface area contributed by atoms with Gasteiger partial charge in [-0.2, -0.15) is 0 Å². The minimum absolute atomic E-state index is 0.128. The molecule has 2 unspecified atom stereocenters. The van der Waals surface area contributed by atoms with Crippen LogP contribution in [0.2, 0.25) is 0 Å². The van der Waals surface area contributed by atoms with Crippen LogP contribution < -0.4 is 0 Å². The normalized spacial score (nSPS) is 52.5. The van der Waals surface area contributed by atoms with Crippen LogP contribution in [0.4, 0.5) is 0 Å². The highest BCUT2D eigenvalue weighted by atomic mass is 16.8. The molecule has 4 bridgehead atoms. The molecule has 5 N–H and O–H groups in total. The van der Waals surface area contributed by atoms with Gasteiger partial charge in [0, 0.05) is 5.92 Å². The van der Waals surface area contributed by atoms with Crippen LogP contribution in [0.15, 0.2) is 12.2 Å². The predicted octanol–water partition coefficient (Wildman–Crippen LogP) is -3.16. The second kappa shape index (κ2) is 7.27. The van der Waals surface area contributed by atoms with Crippen molar-refractivity contribution in [3.05, 3.63) is 12.2 Å². The number of hydrogen-bond acceptors (Lipinski definition) is 11. The Labute approximate surface area is 160 Å². The van der Waals surface area contributed by atoms with E-state index in [0.717, 1.165) is 0 Å². The van der Waals surface area contributed by atoms with Crippen LogP contribution in [0.1, 0.15) is 0 Å². The van der Waals surface area contributed by atoms with E-state index in [9.17, 15) is 30.3 Å². The van der Waals surface area contributed by atoms with Gasteiger partial charge < -0.3 is 49.2 Å². The van der Waals surface area contributed by atoms with E-state index in [1.807, 2.05) is 0 Å². The minimum Gasteiger partial charge on any atom is -0.469 e. The molecule has 0 amide bonds. The van der Waals surface area contributed by atoms with Crippen LogP contribution in [-0.2, 0) is 28.5 Å². The average Bonchev–Trinajstić information content (AvgIpc) is 2.90. The third-order valence-electron chi connectivity index (χ3n) is 5.94. The Kier molecular flexibility index (Phi) is 5.23. The largest absolute Gasteiger partial charge is 0.469 e. The second-order valence-corrected chi connectivity index (χ2v) is 7.52. The van der Waals surface area contributed by atoms with Crippen LogP contribution in [0.5, 0.6) is 0 Å². The lowest BCUT2D eigenvalue weighted by atomic mass is 9.76. The second-order valence-electron chi connectivity index (χ2n) is 7.52. The third-order valence-corrected chi connectivity index (χ3v) is 5.94. The first-order valence-electron chi connectivity index (χ1n) is 9.03. The topological polar surface area (TPSA) is 164 Å². The van der Waals surface area contributed by atoms with Crippen molar-refractivity contribution in [1.29, 1.82) is 0 Å². The number of ether oxygens (including phenoxy) is 5. The predicted molar refractivity (Wildman–Crippen MR) is 86.0 cm³/mol. The van der Waals surface area contributed by atoms with E-state index in [2.05, 4.69) is 0 Å². The molecule has 1 aliphatic carbocycles. The van der Waals surface area contributed by atoms with E-state index in [4.69, 9.17) is 23.7 Å². The van der Waals surface area contributed by atoms with Gasteiger partial charge in [0.1, 0.15) is 35.9 Å². The number of carbonyl (C=O) groups excluding carboxylic acids is 1. The van der Waals surface area contributed by atoms with Gasteiger partial charge in [-0.15, -0.1) is 0 Å². The van der Waals surface area contributed by atoms with Crippen LogP contribution in [0.3, 0.4) is 0 Å². The Balaban J connectivity index is 1.58. The van der Waals surface area contributed by atoms with Crippen molar-refractivity contribution in [3.63, 3.8) is 0 Å². The molecule has 0 spiro atoms. The van der Waals surface area contributed by atoms with E-state index < -0.39 is 79.2 Å². The summed E-state index contributed by atoms with van der Waals surface area (Å²) in [4.78, 5) is 12.2. The molecule has 11 atom stereocenters. The summed E-state index contributed by atoms with van der Waals surface area (Å²) >= 11 is 0.